The Morgan fingerprint density at radius 2 is 1.76 bits per heavy atom. The number of benzene rings is 1. The van der Waals surface area contributed by atoms with Crippen LogP contribution in [0.5, 0.6) is 5.75 Å². The van der Waals surface area contributed by atoms with Crippen LogP contribution >= 0.6 is 0 Å². The average molecular weight is 293 g/mol. The van der Waals surface area contributed by atoms with E-state index in [-0.39, 0.29) is 12.5 Å². The van der Waals surface area contributed by atoms with Crippen LogP contribution in [0.2, 0.25) is 0 Å². The molecular formula is C16H23NO4. The third-order valence-corrected chi connectivity index (χ3v) is 3.21. The van der Waals surface area contributed by atoms with Gasteiger partial charge in [-0.15, -0.1) is 0 Å². The summed E-state index contributed by atoms with van der Waals surface area (Å²) in [6.07, 6.45) is 0.914. The number of carboxylic acids is 1. The molecule has 0 saturated heterocycles. The zero-order valence-corrected chi connectivity index (χ0v) is 13.1. The number of hydrogen-bond acceptors (Lipinski definition) is 3. The summed E-state index contributed by atoms with van der Waals surface area (Å²) in [5.74, 6) is -0.489. The molecule has 5 heteroatoms. The molecule has 1 N–H and O–H groups in total. The van der Waals surface area contributed by atoms with E-state index in [2.05, 4.69) is 0 Å². The number of carbonyl (C=O) groups is 2. The molecule has 1 aromatic carbocycles. The van der Waals surface area contributed by atoms with E-state index in [0.29, 0.717) is 17.9 Å². The van der Waals surface area contributed by atoms with Gasteiger partial charge in [-0.2, -0.15) is 0 Å². The molecule has 1 aromatic rings. The molecule has 0 aliphatic heterocycles. The van der Waals surface area contributed by atoms with Gasteiger partial charge in [0.1, 0.15) is 5.75 Å². The zero-order chi connectivity index (χ0) is 16.0. The van der Waals surface area contributed by atoms with Gasteiger partial charge in [0.2, 0.25) is 0 Å². The number of rotatable bonds is 7. The lowest BCUT2D eigenvalue weighted by atomic mass is 10.0. The molecule has 0 heterocycles. The van der Waals surface area contributed by atoms with Crippen molar-refractivity contribution in [1.82, 2.24) is 4.90 Å². The van der Waals surface area contributed by atoms with Gasteiger partial charge in [0.15, 0.2) is 6.61 Å². The van der Waals surface area contributed by atoms with Crippen molar-refractivity contribution < 1.29 is 19.4 Å². The number of aryl methyl sites for hydroxylation is 2. The van der Waals surface area contributed by atoms with E-state index >= 15 is 0 Å². The summed E-state index contributed by atoms with van der Waals surface area (Å²) in [4.78, 5) is 24.8. The van der Waals surface area contributed by atoms with Crippen LogP contribution < -0.4 is 4.74 Å². The van der Waals surface area contributed by atoms with Crippen LogP contribution in [0.1, 0.15) is 41.8 Å². The standard InChI is InChI=1S/C16H23NO4/c1-5-7-17(6-2)16(20)13-8-11(3)15(12(4)9-13)21-10-14(18)19/h8-9H,5-7,10H2,1-4H3,(H,18,19). The minimum absolute atomic E-state index is 0.00432. The van der Waals surface area contributed by atoms with Crippen molar-refractivity contribution in [2.75, 3.05) is 19.7 Å². The van der Waals surface area contributed by atoms with Gasteiger partial charge in [0, 0.05) is 18.7 Å². The predicted octanol–water partition coefficient (Wildman–Crippen LogP) is 2.64. The van der Waals surface area contributed by atoms with E-state index < -0.39 is 5.97 Å². The Morgan fingerprint density at radius 3 is 2.19 bits per heavy atom. The first-order valence-corrected chi connectivity index (χ1v) is 7.15. The van der Waals surface area contributed by atoms with Gasteiger partial charge < -0.3 is 14.7 Å². The topological polar surface area (TPSA) is 66.8 Å². The maximum Gasteiger partial charge on any atom is 0.341 e. The smallest absolute Gasteiger partial charge is 0.341 e. The number of carbonyl (C=O) groups excluding carboxylic acids is 1. The lowest BCUT2D eigenvalue weighted by molar-refractivity contribution is -0.139. The summed E-state index contributed by atoms with van der Waals surface area (Å²) in [5.41, 5.74) is 2.15. The molecule has 0 aliphatic carbocycles. The fourth-order valence-corrected chi connectivity index (χ4v) is 2.29. The number of nitrogens with zero attached hydrogens (tertiary/aromatic N) is 1. The average Bonchev–Trinajstić information content (AvgIpc) is 2.42. The van der Waals surface area contributed by atoms with Crippen LogP contribution in [0.25, 0.3) is 0 Å². The summed E-state index contributed by atoms with van der Waals surface area (Å²) >= 11 is 0. The van der Waals surface area contributed by atoms with Crippen LogP contribution in [-0.4, -0.2) is 41.6 Å². The van der Waals surface area contributed by atoms with E-state index in [1.165, 1.54) is 0 Å². The Labute approximate surface area is 125 Å². The highest BCUT2D eigenvalue weighted by atomic mass is 16.5. The number of ether oxygens (including phenoxy) is 1. The van der Waals surface area contributed by atoms with Crippen molar-refractivity contribution >= 4 is 11.9 Å². The fraction of sp³-hybridized carbons (Fsp3) is 0.500. The molecule has 1 rings (SSSR count). The first-order chi connectivity index (χ1) is 9.90. The molecule has 0 aliphatic rings. The summed E-state index contributed by atoms with van der Waals surface area (Å²) in [6.45, 7) is 8.64. The van der Waals surface area contributed by atoms with Crippen molar-refractivity contribution in [2.24, 2.45) is 0 Å². The third kappa shape index (κ3) is 4.48. The lowest BCUT2D eigenvalue weighted by Gasteiger charge is -2.21. The van der Waals surface area contributed by atoms with Gasteiger partial charge in [-0.25, -0.2) is 4.79 Å². The SMILES string of the molecule is CCCN(CC)C(=O)c1cc(C)c(OCC(=O)O)c(C)c1. The Balaban J connectivity index is 3.01. The summed E-state index contributed by atoms with van der Waals surface area (Å²) in [6, 6.07) is 3.51. The Kier molecular flexibility index (Phi) is 6.21. The summed E-state index contributed by atoms with van der Waals surface area (Å²) in [5, 5.41) is 8.68. The molecule has 0 aromatic heterocycles. The first kappa shape index (κ1) is 17.0. The number of aliphatic carboxylic acids is 1. The quantitative estimate of drug-likeness (QED) is 0.839. The zero-order valence-electron chi connectivity index (χ0n) is 13.1. The molecule has 1 amide bonds. The molecule has 21 heavy (non-hydrogen) atoms. The maximum absolute atomic E-state index is 12.4. The van der Waals surface area contributed by atoms with Crippen LogP contribution in [0.3, 0.4) is 0 Å². The van der Waals surface area contributed by atoms with Gasteiger partial charge in [0.25, 0.3) is 5.91 Å². The Bertz CT molecular complexity index is 502. The van der Waals surface area contributed by atoms with E-state index in [1.807, 2.05) is 27.7 Å². The number of carboxylic acid groups (broad SMARTS) is 1. The molecule has 116 valence electrons. The normalized spacial score (nSPS) is 10.3. The van der Waals surface area contributed by atoms with Gasteiger partial charge in [0.05, 0.1) is 0 Å². The van der Waals surface area contributed by atoms with Gasteiger partial charge >= 0.3 is 5.97 Å². The molecule has 0 atom stereocenters. The van der Waals surface area contributed by atoms with Crippen LogP contribution in [0.15, 0.2) is 12.1 Å². The Hall–Kier alpha value is -2.04. The van der Waals surface area contributed by atoms with Gasteiger partial charge in [-0.3, -0.25) is 4.79 Å². The Morgan fingerprint density at radius 1 is 1.19 bits per heavy atom. The van der Waals surface area contributed by atoms with Crippen LogP contribution in [0, 0.1) is 13.8 Å². The maximum atomic E-state index is 12.4. The van der Waals surface area contributed by atoms with Gasteiger partial charge in [-0.1, -0.05) is 6.92 Å². The third-order valence-electron chi connectivity index (χ3n) is 3.21. The largest absolute Gasteiger partial charge is 0.481 e. The van der Waals surface area contributed by atoms with Crippen LogP contribution in [0.4, 0.5) is 0 Å². The van der Waals surface area contributed by atoms with Crippen molar-refractivity contribution in [3.05, 3.63) is 28.8 Å². The number of amides is 1. The molecule has 5 nitrogen and oxygen atoms in total. The molecule has 0 unspecified atom stereocenters. The lowest BCUT2D eigenvalue weighted by Crippen LogP contribution is -2.31. The highest BCUT2D eigenvalue weighted by Crippen LogP contribution is 2.25. The van der Waals surface area contributed by atoms with E-state index in [0.717, 1.165) is 24.1 Å². The molecule has 0 bridgehead atoms. The summed E-state index contributed by atoms with van der Waals surface area (Å²) in [7, 11) is 0. The van der Waals surface area contributed by atoms with E-state index in [4.69, 9.17) is 9.84 Å². The first-order valence-electron chi connectivity index (χ1n) is 7.15. The van der Waals surface area contributed by atoms with Crippen LogP contribution in [-0.2, 0) is 4.79 Å². The van der Waals surface area contributed by atoms with Crippen molar-refractivity contribution in [3.63, 3.8) is 0 Å². The summed E-state index contributed by atoms with van der Waals surface area (Å²) < 4.78 is 5.27. The molecule has 0 radical (unpaired) electrons. The second-order valence-corrected chi connectivity index (χ2v) is 5.01. The highest BCUT2D eigenvalue weighted by molar-refractivity contribution is 5.95. The fourth-order valence-electron chi connectivity index (χ4n) is 2.29. The highest BCUT2D eigenvalue weighted by Gasteiger charge is 2.16. The van der Waals surface area contributed by atoms with E-state index in [9.17, 15) is 9.59 Å². The van der Waals surface area contributed by atoms with Crippen molar-refractivity contribution in [3.8, 4) is 5.75 Å². The minimum atomic E-state index is -1.02. The molecule has 0 saturated carbocycles. The van der Waals surface area contributed by atoms with Gasteiger partial charge in [-0.05, 0) is 50.5 Å². The molecular weight excluding hydrogens is 270 g/mol. The van der Waals surface area contributed by atoms with E-state index in [1.54, 1.807) is 17.0 Å². The second-order valence-electron chi connectivity index (χ2n) is 5.01. The monoisotopic (exact) mass is 293 g/mol. The van der Waals surface area contributed by atoms with Crippen molar-refractivity contribution in [1.29, 1.82) is 0 Å². The molecule has 0 spiro atoms. The minimum Gasteiger partial charge on any atom is -0.481 e. The second kappa shape index (κ2) is 7.67. The number of hydrogen-bond donors (Lipinski definition) is 1. The van der Waals surface area contributed by atoms with Crippen molar-refractivity contribution in [2.45, 2.75) is 34.1 Å². The molecule has 0 fully saturated rings. The predicted molar refractivity (Wildman–Crippen MR) is 80.9 cm³/mol.